The van der Waals surface area contributed by atoms with Crippen LogP contribution in [0.15, 0.2) is 0 Å². The minimum absolute atomic E-state index is 0.910. The van der Waals surface area contributed by atoms with Gasteiger partial charge in [0.1, 0.15) is 6.04 Å². The normalized spacial score (nSPS) is 15.2. The standard InChI is InChI=1S/C5H10N2O4/c1-2(8)3(6)4(9)7-5(10)11/h2-3,8H,6H2,1H3,(H,7,9)(H,10,11)/t2-,3+/m1/s1. The van der Waals surface area contributed by atoms with Gasteiger partial charge in [-0.25, -0.2) is 4.79 Å². The van der Waals surface area contributed by atoms with E-state index in [1.807, 2.05) is 0 Å². The summed E-state index contributed by atoms with van der Waals surface area (Å²) in [5, 5.41) is 18.3. The average Bonchev–Trinajstić information content (AvgIpc) is 1.84. The predicted octanol–water partition coefficient (Wildman–Crippen LogP) is -1.51. The number of hydrogen-bond donors (Lipinski definition) is 4. The molecule has 0 saturated heterocycles. The van der Waals surface area contributed by atoms with Crippen LogP contribution in [0.5, 0.6) is 0 Å². The number of rotatable bonds is 2. The first-order valence-electron chi connectivity index (χ1n) is 2.92. The lowest BCUT2D eigenvalue weighted by molar-refractivity contribution is -0.123. The molecular weight excluding hydrogens is 152 g/mol. The van der Waals surface area contributed by atoms with Crippen molar-refractivity contribution in [3.8, 4) is 0 Å². The number of carbonyl (C=O) groups is 2. The van der Waals surface area contributed by atoms with Crippen LogP contribution in [0.3, 0.4) is 0 Å². The van der Waals surface area contributed by atoms with Crippen LogP contribution < -0.4 is 11.1 Å². The molecule has 6 nitrogen and oxygen atoms in total. The van der Waals surface area contributed by atoms with Crippen LogP contribution in [-0.4, -0.2) is 34.4 Å². The Morgan fingerprint density at radius 2 is 2.00 bits per heavy atom. The number of aliphatic hydroxyl groups excluding tert-OH is 1. The Bertz CT molecular complexity index is 168. The Labute approximate surface area is 63.0 Å². The zero-order valence-electron chi connectivity index (χ0n) is 5.94. The second-order valence-electron chi connectivity index (χ2n) is 2.06. The molecule has 0 spiro atoms. The number of imide groups is 1. The largest absolute Gasteiger partial charge is 0.465 e. The lowest BCUT2D eigenvalue weighted by Gasteiger charge is -2.11. The summed E-state index contributed by atoms with van der Waals surface area (Å²) in [4.78, 5) is 20.5. The maximum Gasteiger partial charge on any atom is 0.411 e. The first kappa shape index (κ1) is 9.86. The highest BCUT2D eigenvalue weighted by atomic mass is 16.4. The number of nitrogens with one attached hydrogen (secondary N) is 1. The van der Waals surface area contributed by atoms with Gasteiger partial charge in [-0.3, -0.25) is 10.1 Å². The smallest absolute Gasteiger partial charge is 0.411 e. The van der Waals surface area contributed by atoms with Gasteiger partial charge in [0, 0.05) is 0 Å². The van der Waals surface area contributed by atoms with E-state index in [1.165, 1.54) is 12.2 Å². The summed E-state index contributed by atoms with van der Waals surface area (Å²) >= 11 is 0. The van der Waals surface area contributed by atoms with Crippen molar-refractivity contribution in [2.45, 2.75) is 19.1 Å². The number of aliphatic hydroxyl groups is 1. The third-order valence-electron chi connectivity index (χ3n) is 1.05. The highest BCUT2D eigenvalue weighted by molar-refractivity contribution is 5.94. The lowest BCUT2D eigenvalue weighted by atomic mass is 10.2. The average molecular weight is 162 g/mol. The Morgan fingerprint density at radius 3 is 2.27 bits per heavy atom. The van der Waals surface area contributed by atoms with Gasteiger partial charge in [-0.1, -0.05) is 0 Å². The van der Waals surface area contributed by atoms with Gasteiger partial charge >= 0.3 is 6.09 Å². The van der Waals surface area contributed by atoms with Crippen molar-refractivity contribution in [3.05, 3.63) is 0 Å². The Kier molecular flexibility index (Phi) is 3.49. The first-order valence-corrected chi connectivity index (χ1v) is 2.92. The molecule has 0 heterocycles. The lowest BCUT2D eigenvalue weighted by Crippen LogP contribution is -2.48. The SMILES string of the molecule is C[C@@H](O)[C@H](N)C(=O)NC(=O)O. The molecule has 64 valence electrons. The summed E-state index contributed by atoms with van der Waals surface area (Å²) in [7, 11) is 0. The molecule has 0 fully saturated rings. The van der Waals surface area contributed by atoms with Crippen LogP contribution in [0.2, 0.25) is 0 Å². The van der Waals surface area contributed by atoms with Crippen molar-refractivity contribution in [2.75, 3.05) is 0 Å². The Hall–Kier alpha value is -1.14. The molecule has 0 aromatic heterocycles. The van der Waals surface area contributed by atoms with Crippen molar-refractivity contribution < 1.29 is 19.8 Å². The van der Waals surface area contributed by atoms with Crippen LogP contribution in [0.1, 0.15) is 6.92 Å². The van der Waals surface area contributed by atoms with E-state index in [-0.39, 0.29) is 0 Å². The predicted molar refractivity (Wildman–Crippen MR) is 35.8 cm³/mol. The van der Waals surface area contributed by atoms with E-state index in [1.54, 1.807) is 0 Å². The highest BCUT2D eigenvalue weighted by Gasteiger charge is 2.19. The molecule has 2 atom stereocenters. The van der Waals surface area contributed by atoms with E-state index in [9.17, 15) is 9.59 Å². The number of hydrogen-bond acceptors (Lipinski definition) is 4. The minimum atomic E-state index is -1.48. The molecule has 0 rings (SSSR count). The van der Waals surface area contributed by atoms with Gasteiger partial charge in [-0.15, -0.1) is 0 Å². The quantitative estimate of drug-likeness (QED) is 0.394. The van der Waals surface area contributed by atoms with Gasteiger partial charge in [0.05, 0.1) is 6.10 Å². The molecule has 0 aliphatic rings. The molecule has 0 bridgehead atoms. The fourth-order valence-electron chi connectivity index (χ4n) is 0.408. The van der Waals surface area contributed by atoms with Crippen LogP contribution in [-0.2, 0) is 4.79 Å². The van der Waals surface area contributed by atoms with Gasteiger partial charge in [0.15, 0.2) is 0 Å². The molecule has 0 aliphatic carbocycles. The summed E-state index contributed by atoms with van der Waals surface area (Å²) in [6.45, 7) is 1.30. The molecule has 0 aliphatic heterocycles. The van der Waals surface area contributed by atoms with E-state index in [4.69, 9.17) is 15.9 Å². The number of carboxylic acid groups (broad SMARTS) is 1. The molecule has 0 radical (unpaired) electrons. The van der Waals surface area contributed by atoms with Gasteiger partial charge < -0.3 is 15.9 Å². The van der Waals surface area contributed by atoms with E-state index in [2.05, 4.69) is 0 Å². The second-order valence-corrected chi connectivity index (χ2v) is 2.06. The highest BCUT2D eigenvalue weighted by Crippen LogP contribution is 1.87. The van der Waals surface area contributed by atoms with Crippen molar-refractivity contribution in [3.63, 3.8) is 0 Å². The fourth-order valence-corrected chi connectivity index (χ4v) is 0.408. The first-order chi connectivity index (χ1) is 4.95. The van der Waals surface area contributed by atoms with Crippen LogP contribution in [0.4, 0.5) is 4.79 Å². The van der Waals surface area contributed by atoms with Crippen LogP contribution in [0.25, 0.3) is 0 Å². The van der Waals surface area contributed by atoms with Crippen molar-refractivity contribution in [1.29, 1.82) is 0 Å². The van der Waals surface area contributed by atoms with Crippen LogP contribution >= 0.6 is 0 Å². The number of amides is 2. The molecule has 6 heteroatoms. The third kappa shape index (κ3) is 3.54. The molecule has 0 aromatic carbocycles. The minimum Gasteiger partial charge on any atom is -0.465 e. The second kappa shape index (κ2) is 3.89. The summed E-state index contributed by atoms with van der Waals surface area (Å²) in [6.07, 6.45) is -2.54. The van der Waals surface area contributed by atoms with E-state index >= 15 is 0 Å². The zero-order valence-corrected chi connectivity index (χ0v) is 5.94. The van der Waals surface area contributed by atoms with Gasteiger partial charge in [0.2, 0.25) is 5.91 Å². The maximum absolute atomic E-state index is 10.6. The van der Waals surface area contributed by atoms with Gasteiger partial charge in [-0.05, 0) is 6.92 Å². The van der Waals surface area contributed by atoms with E-state index < -0.39 is 24.1 Å². The zero-order chi connectivity index (χ0) is 9.02. The molecule has 5 N–H and O–H groups in total. The maximum atomic E-state index is 10.6. The summed E-state index contributed by atoms with van der Waals surface area (Å²) < 4.78 is 0. The molecule has 11 heavy (non-hydrogen) atoms. The number of carbonyl (C=O) groups excluding carboxylic acids is 1. The van der Waals surface area contributed by atoms with Crippen LogP contribution in [0, 0.1) is 0 Å². The topological polar surface area (TPSA) is 113 Å². The van der Waals surface area contributed by atoms with Crippen molar-refractivity contribution in [1.82, 2.24) is 5.32 Å². The summed E-state index contributed by atoms with van der Waals surface area (Å²) in [6, 6.07) is -1.20. The summed E-state index contributed by atoms with van der Waals surface area (Å²) in [5.41, 5.74) is 5.08. The van der Waals surface area contributed by atoms with Gasteiger partial charge in [0.25, 0.3) is 0 Å². The molecule has 0 aromatic rings. The van der Waals surface area contributed by atoms with Crippen molar-refractivity contribution >= 4 is 12.0 Å². The molecular formula is C5H10N2O4. The fraction of sp³-hybridized carbons (Fsp3) is 0.600. The van der Waals surface area contributed by atoms with Gasteiger partial charge in [-0.2, -0.15) is 0 Å². The third-order valence-corrected chi connectivity index (χ3v) is 1.05. The Morgan fingerprint density at radius 1 is 1.55 bits per heavy atom. The number of nitrogens with two attached hydrogens (primary N) is 1. The molecule has 0 saturated carbocycles. The monoisotopic (exact) mass is 162 g/mol. The van der Waals surface area contributed by atoms with E-state index in [0.717, 1.165) is 0 Å². The Balaban J connectivity index is 3.93. The molecule has 0 unspecified atom stereocenters. The summed E-state index contributed by atoms with van der Waals surface area (Å²) in [5.74, 6) is -0.910. The van der Waals surface area contributed by atoms with E-state index in [0.29, 0.717) is 0 Å². The van der Waals surface area contributed by atoms with Crippen molar-refractivity contribution in [2.24, 2.45) is 5.73 Å². The molecule has 2 amide bonds.